The Morgan fingerprint density at radius 3 is 2.94 bits per heavy atom. The number of pyridine rings is 1. The number of aliphatic hydroxyl groups is 2. The van der Waals surface area contributed by atoms with Crippen LogP contribution in [0.2, 0.25) is 0 Å². The summed E-state index contributed by atoms with van der Waals surface area (Å²) in [6, 6.07) is 3.73. The van der Waals surface area contributed by atoms with Gasteiger partial charge in [-0.05, 0) is 12.1 Å². The topological polar surface area (TPSA) is 71.2 Å². The molecule has 2 rings (SSSR count). The Morgan fingerprint density at radius 2 is 2.25 bits per heavy atom. The maximum absolute atomic E-state index is 9.39. The Bertz CT molecular complexity index is 442. The second-order valence-corrected chi connectivity index (χ2v) is 3.48. The van der Waals surface area contributed by atoms with Crippen LogP contribution in [0.3, 0.4) is 0 Å². The number of imidazole rings is 1. The number of hydrogen-bond donors (Lipinski definition) is 2. The highest BCUT2D eigenvalue weighted by Crippen LogP contribution is 2.15. The molecule has 0 aliphatic carbocycles. The van der Waals surface area contributed by atoms with Crippen molar-refractivity contribution in [3.05, 3.63) is 36.9 Å². The molecule has 0 aliphatic rings. The molecule has 2 aromatic heterocycles. The molecule has 0 aromatic carbocycles. The van der Waals surface area contributed by atoms with E-state index >= 15 is 0 Å². The van der Waals surface area contributed by atoms with Crippen LogP contribution < -0.4 is 0 Å². The quantitative estimate of drug-likeness (QED) is 0.775. The minimum absolute atomic E-state index is 0.259. The molecule has 0 fully saturated rings. The van der Waals surface area contributed by atoms with Crippen molar-refractivity contribution in [2.75, 3.05) is 6.61 Å². The number of hydrogen-bond acceptors (Lipinski definition) is 4. The predicted molar refractivity (Wildman–Crippen MR) is 58.6 cm³/mol. The zero-order chi connectivity index (χ0) is 11.4. The molecule has 1 atom stereocenters. The van der Waals surface area contributed by atoms with E-state index in [9.17, 15) is 5.11 Å². The summed E-state index contributed by atoms with van der Waals surface area (Å²) in [5, 5.41) is 18.2. The molecule has 0 saturated carbocycles. The summed E-state index contributed by atoms with van der Waals surface area (Å²) in [5.41, 5.74) is 0.887. The lowest BCUT2D eigenvalue weighted by Gasteiger charge is -2.10. The van der Waals surface area contributed by atoms with E-state index in [1.165, 1.54) is 0 Å². The van der Waals surface area contributed by atoms with Crippen molar-refractivity contribution >= 4 is 0 Å². The fourth-order valence-electron chi connectivity index (χ4n) is 1.50. The van der Waals surface area contributed by atoms with E-state index in [1.54, 1.807) is 29.4 Å². The van der Waals surface area contributed by atoms with Crippen molar-refractivity contribution in [1.82, 2.24) is 14.5 Å². The standard InChI is InChI=1S/C11H13N3O2/c15-8-10(16)7-14-5-4-13-11(14)9-2-1-3-12-6-9/h1-6,10,15-16H,7-8H2. The third-order valence-corrected chi connectivity index (χ3v) is 2.25. The van der Waals surface area contributed by atoms with Gasteiger partial charge in [0.1, 0.15) is 5.82 Å². The average molecular weight is 219 g/mol. The monoisotopic (exact) mass is 219 g/mol. The Kier molecular flexibility index (Phi) is 3.28. The molecule has 0 saturated heterocycles. The molecule has 0 amide bonds. The highest BCUT2D eigenvalue weighted by molar-refractivity contribution is 5.53. The molecule has 5 heteroatoms. The number of rotatable bonds is 4. The van der Waals surface area contributed by atoms with Crippen LogP contribution in [-0.2, 0) is 6.54 Å². The van der Waals surface area contributed by atoms with Gasteiger partial charge < -0.3 is 14.8 Å². The number of aromatic nitrogens is 3. The maximum Gasteiger partial charge on any atom is 0.141 e. The fraction of sp³-hybridized carbons (Fsp3) is 0.273. The highest BCUT2D eigenvalue weighted by Gasteiger charge is 2.09. The average Bonchev–Trinajstić information content (AvgIpc) is 2.78. The van der Waals surface area contributed by atoms with E-state index in [4.69, 9.17) is 5.11 Å². The largest absolute Gasteiger partial charge is 0.394 e. The van der Waals surface area contributed by atoms with Gasteiger partial charge in [-0.3, -0.25) is 4.98 Å². The maximum atomic E-state index is 9.39. The molecule has 0 radical (unpaired) electrons. The summed E-state index contributed by atoms with van der Waals surface area (Å²) in [6.07, 6.45) is 6.06. The minimum atomic E-state index is -0.773. The third-order valence-electron chi connectivity index (χ3n) is 2.25. The van der Waals surface area contributed by atoms with Gasteiger partial charge in [0.25, 0.3) is 0 Å². The van der Waals surface area contributed by atoms with Crippen molar-refractivity contribution in [3.8, 4) is 11.4 Å². The van der Waals surface area contributed by atoms with E-state index in [0.29, 0.717) is 6.54 Å². The summed E-state index contributed by atoms with van der Waals surface area (Å²) in [6.45, 7) is 0.0609. The molecule has 2 N–H and O–H groups in total. The van der Waals surface area contributed by atoms with Crippen LogP contribution in [-0.4, -0.2) is 37.5 Å². The SMILES string of the molecule is OCC(O)Cn1ccnc1-c1cccnc1. The first-order chi connectivity index (χ1) is 7.81. The molecular weight excluding hydrogens is 206 g/mol. The van der Waals surface area contributed by atoms with Crippen molar-refractivity contribution < 1.29 is 10.2 Å². The first kappa shape index (κ1) is 10.8. The van der Waals surface area contributed by atoms with Crippen molar-refractivity contribution in [1.29, 1.82) is 0 Å². The van der Waals surface area contributed by atoms with Gasteiger partial charge in [-0.15, -0.1) is 0 Å². The Balaban J connectivity index is 2.26. The predicted octanol–water partition coefficient (Wildman–Crippen LogP) is 0.298. The Labute approximate surface area is 93.0 Å². The fourth-order valence-corrected chi connectivity index (χ4v) is 1.50. The second-order valence-electron chi connectivity index (χ2n) is 3.48. The molecule has 2 aromatic rings. The van der Waals surface area contributed by atoms with Gasteiger partial charge in [0, 0.05) is 30.4 Å². The smallest absolute Gasteiger partial charge is 0.141 e. The first-order valence-corrected chi connectivity index (χ1v) is 5.01. The number of nitrogens with zero attached hydrogens (tertiary/aromatic N) is 3. The molecule has 2 heterocycles. The second kappa shape index (κ2) is 4.87. The van der Waals surface area contributed by atoms with E-state index < -0.39 is 6.10 Å². The summed E-state index contributed by atoms with van der Waals surface area (Å²) in [7, 11) is 0. The van der Waals surface area contributed by atoms with Gasteiger partial charge in [0.15, 0.2) is 0 Å². The van der Waals surface area contributed by atoms with E-state index in [2.05, 4.69) is 9.97 Å². The van der Waals surface area contributed by atoms with E-state index in [-0.39, 0.29) is 6.61 Å². The first-order valence-electron chi connectivity index (χ1n) is 5.01. The molecular formula is C11H13N3O2. The van der Waals surface area contributed by atoms with Gasteiger partial charge >= 0.3 is 0 Å². The summed E-state index contributed by atoms with van der Waals surface area (Å²) < 4.78 is 1.79. The Morgan fingerprint density at radius 1 is 1.38 bits per heavy atom. The van der Waals surface area contributed by atoms with Gasteiger partial charge in [-0.25, -0.2) is 4.98 Å². The lowest BCUT2D eigenvalue weighted by atomic mass is 10.2. The normalized spacial score (nSPS) is 12.6. The lowest BCUT2D eigenvalue weighted by molar-refractivity contribution is 0.0816. The van der Waals surface area contributed by atoms with E-state index in [0.717, 1.165) is 11.4 Å². The Hall–Kier alpha value is -1.72. The molecule has 0 aliphatic heterocycles. The summed E-state index contributed by atoms with van der Waals surface area (Å²) in [4.78, 5) is 8.22. The molecule has 5 nitrogen and oxygen atoms in total. The molecule has 1 unspecified atom stereocenters. The van der Waals surface area contributed by atoms with E-state index in [1.807, 2.05) is 12.1 Å². The van der Waals surface area contributed by atoms with Crippen LogP contribution in [0.15, 0.2) is 36.9 Å². The van der Waals surface area contributed by atoms with Gasteiger partial charge in [-0.2, -0.15) is 0 Å². The van der Waals surface area contributed by atoms with Crippen LogP contribution in [0.4, 0.5) is 0 Å². The van der Waals surface area contributed by atoms with Crippen LogP contribution in [0.25, 0.3) is 11.4 Å². The van der Waals surface area contributed by atoms with Crippen molar-refractivity contribution in [2.24, 2.45) is 0 Å². The van der Waals surface area contributed by atoms with Crippen molar-refractivity contribution in [2.45, 2.75) is 12.6 Å². The molecule has 16 heavy (non-hydrogen) atoms. The highest BCUT2D eigenvalue weighted by atomic mass is 16.3. The summed E-state index contributed by atoms with van der Waals surface area (Å²) >= 11 is 0. The third kappa shape index (κ3) is 2.26. The van der Waals surface area contributed by atoms with Crippen LogP contribution in [0.1, 0.15) is 0 Å². The van der Waals surface area contributed by atoms with Crippen LogP contribution in [0.5, 0.6) is 0 Å². The molecule has 0 spiro atoms. The summed E-state index contributed by atoms with van der Waals surface area (Å²) in [5.74, 6) is 0.737. The molecule has 84 valence electrons. The zero-order valence-electron chi connectivity index (χ0n) is 8.69. The zero-order valence-corrected chi connectivity index (χ0v) is 8.69. The van der Waals surface area contributed by atoms with Crippen LogP contribution in [0, 0.1) is 0 Å². The molecule has 0 bridgehead atoms. The van der Waals surface area contributed by atoms with Crippen LogP contribution >= 0.6 is 0 Å². The lowest BCUT2D eigenvalue weighted by Crippen LogP contribution is -2.19. The van der Waals surface area contributed by atoms with Gasteiger partial charge in [0.05, 0.1) is 19.3 Å². The van der Waals surface area contributed by atoms with Crippen molar-refractivity contribution in [3.63, 3.8) is 0 Å². The minimum Gasteiger partial charge on any atom is -0.394 e. The number of aliphatic hydroxyl groups excluding tert-OH is 2. The van der Waals surface area contributed by atoms with Gasteiger partial charge in [0.2, 0.25) is 0 Å². The van der Waals surface area contributed by atoms with Gasteiger partial charge in [-0.1, -0.05) is 0 Å².